The minimum Gasteiger partial charge on any atom is -0.489 e. The van der Waals surface area contributed by atoms with Crippen LogP contribution in [0.25, 0.3) is 11.1 Å². The summed E-state index contributed by atoms with van der Waals surface area (Å²) in [6.45, 7) is 4.70. The first-order valence-electron chi connectivity index (χ1n) is 12.4. The van der Waals surface area contributed by atoms with Crippen molar-refractivity contribution in [3.63, 3.8) is 0 Å². The zero-order chi connectivity index (χ0) is 27.7. The molecule has 0 radical (unpaired) electrons. The Labute approximate surface area is 224 Å². The van der Waals surface area contributed by atoms with E-state index in [0.717, 1.165) is 11.4 Å². The maximum Gasteiger partial charge on any atom is 0.320 e. The van der Waals surface area contributed by atoms with Crippen LogP contribution in [-0.4, -0.2) is 63.5 Å². The van der Waals surface area contributed by atoms with Crippen LogP contribution < -0.4 is 26.4 Å². The lowest BCUT2D eigenvalue weighted by atomic mass is 9.96. The number of amides is 1. The molecule has 4 aromatic rings. The lowest BCUT2D eigenvalue weighted by Gasteiger charge is -2.37. The summed E-state index contributed by atoms with van der Waals surface area (Å²) in [6.07, 6.45) is 3.44. The molecule has 1 aromatic carbocycles. The number of aryl methyl sites for hydroxylation is 1. The minimum atomic E-state index is -0.833. The number of nitrogens with two attached hydrogens (primary N) is 2. The number of carbonyl (C=O) groups excluding carboxylic acids is 2. The molecule has 5 rings (SSSR count). The van der Waals surface area contributed by atoms with Gasteiger partial charge in [-0.1, -0.05) is 0 Å². The second-order valence-electron chi connectivity index (χ2n) is 9.98. The van der Waals surface area contributed by atoms with E-state index in [1.54, 1.807) is 56.2 Å². The van der Waals surface area contributed by atoms with E-state index in [1.165, 1.54) is 0 Å². The van der Waals surface area contributed by atoms with Gasteiger partial charge in [-0.05, 0) is 38.1 Å². The third kappa shape index (κ3) is 5.77. The van der Waals surface area contributed by atoms with Crippen LogP contribution in [0.5, 0.6) is 5.75 Å². The molecule has 1 aliphatic heterocycles. The summed E-state index contributed by atoms with van der Waals surface area (Å²) in [7, 11) is 1.81. The highest BCUT2D eigenvalue weighted by atomic mass is 16.6. The number of benzene rings is 1. The van der Waals surface area contributed by atoms with Crippen molar-refractivity contribution in [1.29, 1.82) is 0 Å². The fraction of sp³-hybridized carbons (Fsp3) is 0.346. The Hall–Kier alpha value is -4.65. The number of ether oxygens (including phenoxy) is 2. The highest BCUT2D eigenvalue weighted by molar-refractivity contribution is 5.97. The summed E-state index contributed by atoms with van der Waals surface area (Å²) in [4.78, 5) is 34.7. The SMILES string of the molecule is Cn1cc(Nc2ccc(C3CN(c4nc5ccc(OCC(C)(C)OC(=O)CN)cc5o4)C3)nc2C(N)=O)cn1. The van der Waals surface area contributed by atoms with Crippen molar-refractivity contribution in [2.75, 3.05) is 36.5 Å². The molecular weight excluding hydrogens is 504 g/mol. The number of hydrogen-bond acceptors (Lipinski definition) is 11. The summed E-state index contributed by atoms with van der Waals surface area (Å²) in [5.74, 6) is -0.461. The van der Waals surface area contributed by atoms with E-state index in [-0.39, 0.29) is 24.8 Å². The molecule has 4 heterocycles. The molecule has 13 heteroatoms. The predicted molar refractivity (Wildman–Crippen MR) is 143 cm³/mol. The van der Waals surface area contributed by atoms with Crippen LogP contribution in [0, 0.1) is 0 Å². The Balaban J connectivity index is 1.23. The summed E-state index contributed by atoms with van der Waals surface area (Å²) < 4.78 is 18.7. The van der Waals surface area contributed by atoms with Gasteiger partial charge in [-0.2, -0.15) is 10.1 Å². The molecular formula is C26H30N8O5. The van der Waals surface area contributed by atoms with Crippen LogP contribution in [-0.2, 0) is 16.6 Å². The van der Waals surface area contributed by atoms with Crippen molar-refractivity contribution in [2.24, 2.45) is 18.5 Å². The summed E-state index contributed by atoms with van der Waals surface area (Å²) in [5.41, 5.74) is 13.5. The standard InChI is InChI=1S/C26H30N8O5/c1-26(2,39-22(35)9-27)14-37-17-4-5-19-21(8-17)38-25(32-19)34-11-15(12-34)18-6-7-20(23(31-18)24(28)36)30-16-10-29-33(3)13-16/h4-8,10,13,15,30H,9,11-12,14,27H2,1-3H3,(H2,28,36). The first-order valence-corrected chi connectivity index (χ1v) is 12.4. The van der Waals surface area contributed by atoms with Crippen molar-refractivity contribution in [1.82, 2.24) is 19.7 Å². The van der Waals surface area contributed by atoms with Gasteiger partial charge in [-0.15, -0.1) is 0 Å². The van der Waals surface area contributed by atoms with Crippen molar-refractivity contribution in [2.45, 2.75) is 25.4 Å². The molecule has 0 atom stereocenters. The molecule has 3 aromatic heterocycles. The number of pyridine rings is 1. The molecule has 1 saturated heterocycles. The Morgan fingerprint density at radius 1 is 1.21 bits per heavy atom. The first-order chi connectivity index (χ1) is 18.6. The number of esters is 1. The maximum absolute atomic E-state index is 12.1. The van der Waals surface area contributed by atoms with Crippen LogP contribution in [0.3, 0.4) is 0 Å². The largest absolute Gasteiger partial charge is 0.489 e. The van der Waals surface area contributed by atoms with E-state index < -0.39 is 17.5 Å². The monoisotopic (exact) mass is 534 g/mol. The molecule has 1 aliphatic rings. The van der Waals surface area contributed by atoms with Gasteiger partial charge in [0, 0.05) is 44.0 Å². The smallest absolute Gasteiger partial charge is 0.320 e. The van der Waals surface area contributed by atoms with Crippen molar-refractivity contribution >= 4 is 40.4 Å². The van der Waals surface area contributed by atoms with E-state index in [2.05, 4.69) is 20.4 Å². The van der Waals surface area contributed by atoms with Gasteiger partial charge in [0.2, 0.25) is 0 Å². The normalized spacial score (nSPS) is 13.8. The zero-order valence-corrected chi connectivity index (χ0v) is 21.9. The number of primary amides is 1. The maximum atomic E-state index is 12.1. The average Bonchev–Trinajstić information content (AvgIpc) is 3.47. The van der Waals surface area contributed by atoms with Crippen LogP contribution in [0.2, 0.25) is 0 Å². The van der Waals surface area contributed by atoms with Gasteiger partial charge in [-0.3, -0.25) is 14.3 Å². The number of nitrogens with zero attached hydrogens (tertiary/aromatic N) is 5. The van der Waals surface area contributed by atoms with E-state index in [0.29, 0.717) is 41.6 Å². The Kier molecular flexibility index (Phi) is 6.83. The molecule has 0 bridgehead atoms. The van der Waals surface area contributed by atoms with Gasteiger partial charge in [0.1, 0.15) is 23.5 Å². The van der Waals surface area contributed by atoms with Crippen molar-refractivity contribution < 1.29 is 23.5 Å². The summed E-state index contributed by atoms with van der Waals surface area (Å²) in [5, 5.41) is 7.25. The molecule has 39 heavy (non-hydrogen) atoms. The third-order valence-corrected chi connectivity index (χ3v) is 6.20. The van der Waals surface area contributed by atoms with E-state index in [1.807, 2.05) is 17.0 Å². The predicted octanol–water partition coefficient (Wildman–Crippen LogP) is 2.06. The van der Waals surface area contributed by atoms with E-state index in [4.69, 9.17) is 25.4 Å². The van der Waals surface area contributed by atoms with Crippen LogP contribution in [0.15, 0.2) is 47.1 Å². The average molecular weight is 535 g/mol. The van der Waals surface area contributed by atoms with Crippen molar-refractivity contribution in [3.05, 3.63) is 54.1 Å². The van der Waals surface area contributed by atoms with Gasteiger partial charge in [0.05, 0.1) is 24.1 Å². The molecule has 1 fully saturated rings. The third-order valence-electron chi connectivity index (χ3n) is 6.20. The fourth-order valence-electron chi connectivity index (χ4n) is 4.21. The van der Waals surface area contributed by atoms with Crippen LogP contribution in [0.4, 0.5) is 17.4 Å². The lowest BCUT2D eigenvalue weighted by molar-refractivity contribution is -0.157. The van der Waals surface area contributed by atoms with Crippen molar-refractivity contribution in [3.8, 4) is 5.75 Å². The quantitative estimate of drug-likeness (QED) is 0.254. The fourth-order valence-corrected chi connectivity index (χ4v) is 4.21. The van der Waals surface area contributed by atoms with E-state index in [9.17, 15) is 9.59 Å². The number of oxazole rings is 1. The Morgan fingerprint density at radius 3 is 2.69 bits per heavy atom. The molecule has 1 amide bonds. The number of nitrogens with one attached hydrogen (secondary N) is 1. The second-order valence-corrected chi connectivity index (χ2v) is 9.98. The van der Waals surface area contributed by atoms with Gasteiger partial charge in [0.15, 0.2) is 11.3 Å². The van der Waals surface area contributed by atoms with Gasteiger partial charge in [-0.25, -0.2) is 4.98 Å². The summed E-state index contributed by atoms with van der Waals surface area (Å²) in [6, 6.07) is 9.51. The molecule has 0 aliphatic carbocycles. The number of rotatable bonds is 10. The Morgan fingerprint density at radius 2 is 2.00 bits per heavy atom. The minimum absolute atomic E-state index is 0.0860. The van der Waals surface area contributed by atoms with Crippen LogP contribution in [0.1, 0.15) is 35.9 Å². The number of aromatic nitrogens is 4. The first kappa shape index (κ1) is 26.0. The Bertz CT molecular complexity index is 1520. The molecule has 0 saturated carbocycles. The highest BCUT2D eigenvalue weighted by Gasteiger charge is 2.33. The second kappa shape index (κ2) is 10.3. The number of carbonyl (C=O) groups is 2. The zero-order valence-electron chi connectivity index (χ0n) is 21.9. The number of hydrogen-bond donors (Lipinski definition) is 3. The molecule has 0 unspecified atom stereocenters. The molecule has 204 valence electrons. The molecule has 0 spiro atoms. The number of anilines is 3. The van der Waals surface area contributed by atoms with E-state index >= 15 is 0 Å². The highest BCUT2D eigenvalue weighted by Crippen LogP contribution is 2.34. The molecule has 13 nitrogen and oxygen atoms in total. The lowest BCUT2D eigenvalue weighted by Crippen LogP contribution is -2.45. The summed E-state index contributed by atoms with van der Waals surface area (Å²) >= 11 is 0. The van der Waals surface area contributed by atoms with Gasteiger partial charge >= 0.3 is 5.97 Å². The van der Waals surface area contributed by atoms with Crippen LogP contribution >= 0.6 is 0 Å². The topological polar surface area (TPSA) is 177 Å². The van der Waals surface area contributed by atoms with Gasteiger partial charge < -0.3 is 35.6 Å². The molecule has 5 N–H and O–H groups in total. The van der Waals surface area contributed by atoms with Gasteiger partial charge in [0.25, 0.3) is 11.9 Å². The number of fused-ring (bicyclic) bond motifs is 1.